The number of rotatable bonds is 6. The van der Waals surface area contributed by atoms with E-state index in [0.29, 0.717) is 24.0 Å². The lowest BCUT2D eigenvalue weighted by atomic mass is 10.0. The molecule has 0 bridgehead atoms. The lowest BCUT2D eigenvalue weighted by molar-refractivity contribution is -0.123. The molecule has 0 unspecified atom stereocenters. The fourth-order valence-corrected chi connectivity index (χ4v) is 3.18. The summed E-state index contributed by atoms with van der Waals surface area (Å²) in [6, 6.07) is 7.72. The average molecular weight is 345 g/mol. The summed E-state index contributed by atoms with van der Waals surface area (Å²) in [6.45, 7) is 4.77. The number of hydrogen-bond acceptors (Lipinski definition) is 4. The number of carbonyl (C=O) groups excluding carboxylic acids is 2. The highest BCUT2D eigenvalue weighted by molar-refractivity contribution is 5.98. The third kappa shape index (κ3) is 4.95. The average Bonchev–Trinajstić information content (AvgIpc) is 3.46. The fourth-order valence-electron chi connectivity index (χ4n) is 3.18. The van der Waals surface area contributed by atoms with Gasteiger partial charge in [-0.1, -0.05) is 18.6 Å². The molecular weight excluding hydrogens is 318 g/mol. The zero-order valence-corrected chi connectivity index (χ0v) is 14.8. The Morgan fingerprint density at radius 3 is 2.72 bits per heavy atom. The minimum absolute atomic E-state index is 0.0540. The first-order chi connectivity index (χ1) is 12.1. The number of ether oxygens (including phenoxy) is 1. The van der Waals surface area contributed by atoms with E-state index in [-0.39, 0.29) is 17.7 Å². The Morgan fingerprint density at radius 2 is 1.96 bits per heavy atom. The maximum absolute atomic E-state index is 12.3. The van der Waals surface area contributed by atoms with Crippen molar-refractivity contribution in [1.82, 2.24) is 15.8 Å². The molecule has 0 radical (unpaired) electrons. The second-order valence-electron chi connectivity index (χ2n) is 6.94. The minimum Gasteiger partial charge on any atom is -0.491 e. The standard InChI is InChI=1S/C19H27N3O3/c1-14-6-4-5-11-22(14)12-13-25-17-8-3-2-7-16(17)19(24)21-20-18(23)15-9-10-15/h2-3,7-8,14-15H,4-6,9-13H2,1H3,(H,20,23)(H,21,24)/t14-/m1/s1. The van der Waals surface area contributed by atoms with Crippen LogP contribution in [-0.4, -0.2) is 42.5 Å². The summed E-state index contributed by atoms with van der Waals surface area (Å²) < 4.78 is 5.86. The normalized spacial score (nSPS) is 20.8. The van der Waals surface area contributed by atoms with Crippen molar-refractivity contribution in [2.75, 3.05) is 19.7 Å². The first-order valence-corrected chi connectivity index (χ1v) is 9.21. The zero-order chi connectivity index (χ0) is 17.6. The van der Waals surface area contributed by atoms with Gasteiger partial charge >= 0.3 is 0 Å². The van der Waals surface area contributed by atoms with E-state index in [1.165, 1.54) is 19.3 Å². The molecule has 2 N–H and O–H groups in total. The molecule has 2 aliphatic rings. The zero-order valence-electron chi connectivity index (χ0n) is 14.8. The molecule has 1 aromatic rings. The van der Waals surface area contributed by atoms with Crippen molar-refractivity contribution in [3.8, 4) is 5.75 Å². The van der Waals surface area contributed by atoms with Crippen LogP contribution < -0.4 is 15.6 Å². The molecule has 1 saturated carbocycles. The molecule has 6 heteroatoms. The van der Waals surface area contributed by atoms with Crippen LogP contribution in [0.1, 0.15) is 49.4 Å². The van der Waals surface area contributed by atoms with Crippen molar-refractivity contribution >= 4 is 11.8 Å². The Balaban J connectivity index is 1.51. The topological polar surface area (TPSA) is 70.7 Å². The molecule has 2 fully saturated rings. The molecule has 0 aromatic heterocycles. The van der Waals surface area contributed by atoms with Crippen molar-refractivity contribution in [3.63, 3.8) is 0 Å². The van der Waals surface area contributed by atoms with E-state index < -0.39 is 0 Å². The lowest BCUT2D eigenvalue weighted by Gasteiger charge is -2.33. The molecule has 1 heterocycles. The fraction of sp³-hybridized carbons (Fsp3) is 0.579. The van der Waals surface area contributed by atoms with E-state index in [2.05, 4.69) is 22.7 Å². The first-order valence-electron chi connectivity index (χ1n) is 9.21. The highest BCUT2D eigenvalue weighted by Crippen LogP contribution is 2.28. The van der Waals surface area contributed by atoms with Gasteiger partial charge in [-0.05, 0) is 51.3 Å². The molecule has 1 aliphatic carbocycles. The van der Waals surface area contributed by atoms with Gasteiger partial charge in [0.2, 0.25) is 5.91 Å². The smallest absolute Gasteiger partial charge is 0.273 e. The van der Waals surface area contributed by atoms with Crippen molar-refractivity contribution in [1.29, 1.82) is 0 Å². The van der Waals surface area contributed by atoms with E-state index in [0.717, 1.165) is 25.9 Å². The van der Waals surface area contributed by atoms with E-state index in [9.17, 15) is 9.59 Å². The summed E-state index contributed by atoms with van der Waals surface area (Å²) >= 11 is 0. The summed E-state index contributed by atoms with van der Waals surface area (Å²) in [6.07, 6.45) is 5.57. The van der Waals surface area contributed by atoms with Gasteiger partial charge in [0, 0.05) is 18.5 Å². The van der Waals surface area contributed by atoms with Gasteiger partial charge in [-0.3, -0.25) is 25.3 Å². The largest absolute Gasteiger partial charge is 0.491 e. The number of para-hydroxylation sites is 1. The van der Waals surface area contributed by atoms with Gasteiger partial charge in [0.1, 0.15) is 12.4 Å². The van der Waals surface area contributed by atoms with Crippen LogP contribution in [0.5, 0.6) is 5.75 Å². The molecule has 1 aliphatic heterocycles. The van der Waals surface area contributed by atoms with Crippen LogP contribution in [0, 0.1) is 5.92 Å². The molecule has 1 aromatic carbocycles. The predicted octanol–water partition coefficient (Wildman–Crippen LogP) is 2.11. The van der Waals surface area contributed by atoms with Crippen LogP contribution in [0.4, 0.5) is 0 Å². The van der Waals surface area contributed by atoms with Gasteiger partial charge in [0.25, 0.3) is 5.91 Å². The maximum atomic E-state index is 12.3. The monoisotopic (exact) mass is 345 g/mol. The Morgan fingerprint density at radius 1 is 1.16 bits per heavy atom. The van der Waals surface area contributed by atoms with Gasteiger partial charge in [-0.25, -0.2) is 0 Å². The van der Waals surface area contributed by atoms with Gasteiger partial charge in [-0.15, -0.1) is 0 Å². The third-order valence-corrected chi connectivity index (χ3v) is 4.96. The molecule has 2 amide bonds. The molecule has 25 heavy (non-hydrogen) atoms. The minimum atomic E-state index is -0.351. The van der Waals surface area contributed by atoms with Crippen LogP contribution in [-0.2, 0) is 4.79 Å². The summed E-state index contributed by atoms with van der Waals surface area (Å²) in [5, 5.41) is 0. The van der Waals surface area contributed by atoms with E-state index in [1.54, 1.807) is 18.2 Å². The van der Waals surface area contributed by atoms with E-state index in [4.69, 9.17) is 4.74 Å². The Labute approximate surface area is 148 Å². The van der Waals surface area contributed by atoms with Gasteiger partial charge < -0.3 is 4.74 Å². The van der Waals surface area contributed by atoms with E-state index >= 15 is 0 Å². The number of hydrazine groups is 1. The van der Waals surface area contributed by atoms with Crippen LogP contribution in [0.15, 0.2) is 24.3 Å². The third-order valence-electron chi connectivity index (χ3n) is 4.96. The summed E-state index contributed by atoms with van der Waals surface area (Å²) in [4.78, 5) is 26.4. The maximum Gasteiger partial charge on any atom is 0.273 e. The number of benzene rings is 1. The lowest BCUT2D eigenvalue weighted by Crippen LogP contribution is -2.42. The van der Waals surface area contributed by atoms with Crippen LogP contribution >= 0.6 is 0 Å². The number of carbonyl (C=O) groups is 2. The molecule has 1 atom stereocenters. The molecular formula is C19H27N3O3. The summed E-state index contributed by atoms with van der Waals surface area (Å²) in [5.74, 6) is 0.130. The summed E-state index contributed by atoms with van der Waals surface area (Å²) in [5.41, 5.74) is 5.40. The Kier molecular flexibility index (Phi) is 5.91. The molecule has 6 nitrogen and oxygen atoms in total. The quantitative estimate of drug-likeness (QED) is 0.775. The number of likely N-dealkylation sites (tertiary alicyclic amines) is 1. The number of piperidine rings is 1. The van der Waals surface area contributed by atoms with E-state index in [1.807, 2.05) is 6.07 Å². The Bertz CT molecular complexity index is 616. The van der Waals surface area contributed by atoms with Gasteiger partial charge in [0.05, 0.1) is 5.56 Å². The molecule has 1 saturated heterocycles. The molecule has 136 valence electrons. The van der Waals surface area contributed by atoms with Gasteiger partial charge in [-0.2, -0.15) is 0 Å². The van der Waals surface area contributed by atoms with Crippen molar-refractivity contribution < 1.29 is 14.3 Å². The summed E-state index contributed by atoms with van der Waals surface area (Å²) in [7, 11) is 0. The van der Waals surface area contributed by atoms with Crippen molar-refractivity contribution in [2.24, 2.45) is 5.92 Å². The Hall–Kier alpha value is -2.08. The molecule has 0 spiro atoms. The number of nitrogens with one attached hydrogen (secondary N) is 2. The SMILES string of the molecule is C[C@@H]1CCCCN1CCOc1ccccc1C(=O)NNC(=O)C1CC1. The number of nitrogens with zero attached hydrogens (tertiary/aromatic N) is 1. The highest BCUT2D eigenvalue weighted by Gasteiger charge is 2.30. The first kappa shape index (κ1) is 17.7. The second kappa shape index (κ2) is 8.34. The van der Waals surface area contributed by atoms with Crippen molar-refractivity contribution in [3.05, 3.63) is 29.8 Å². The van der Waals surface area contributed by atoms with Crippen LogP contribution in [0.2, 0.25) is 0 Å². The molecule has 3 rings (SSSR count). The highest BCUT2D eigenvalue weighted by atomic mass is 16.5. The predicted molar refractivity (Wildman–Crippen MR) is 95.2 cm³/mol. The van der Waals surface area contributed by atoms with Crippen LogP contribution in [0.25, 0.3) is 0 Å². The number of hydrogen-bond donors (Lipinski definition) is 2. The van der Waals surface area contributed by atoms with Gasteiger partial charge in [0.15, 0.2) is 0 Å². The van der Waals surface area contributed by atoms with Crippen molar-refractivity contribution in [2.45, 2.75) is 45.1 Å². The second-order valence-corrected chi connectivity index (χ2v) is 6.94. The van der Waals surface area contributed by atoms with Crippen LogP contribution in [0.3, 0.4) is 0 Å². The number of amides is 2.